The topological polar surface area (TPSA) is 29.1 Å². The van der Waals surface area contributed by atoms with E-state index in [-0.39, 0.29) is 11.5 Å². The average molecular weight is 358 g/mol. The van der Waals surface area contributed by atoms with E-state index >= 15 is 0 Å². The number of carbonyl (C=O) groups is 1. The first-order valence-corrected chi connectivity index (χ1v) is 6.81. The molecule has 6 heteroatoms. The predicted octanol–water partition coefficient (Wildman–Crippen LogP) is 5.41. The van der Waals surface area contributed by atoms with Crippen LogP contribution in [-0.2, 0) is 6.18 Å². The van der Waals surface area contributed by atoms with Crippen LogP contribution in [0, 0.1) is 0 Å². The monoisotopic (exact) mass is 357 g/mol. The molecule has 0 atom stereocenters. The highest BCUT2D eigenvalue weighted by Crippen LogP contribution is 2.32. The van der Waals surface area contributed by atoms with E-state index in [2.05, 4.69) is 21.2 Å². The van der Waals surface area contributed by atoms with Crippen LogP contribution >= 0.6 is 15.9 Å². The molecule has 0 spiro atoms. The lowest BCUT2D eigenvalue weighted by molar-refractivity contribution is -0.137. The summed E-state index contributed by atoms with van der Waals surface area (Å²) in [7, 11) is 0. The zero-order valence-corrected chi connectivity index (χ0v) is 12.5. The Bertz CT molecular complexity index is 683. The van der Waals surface area contributed by atoms with Crippen LogP contribution in [-0.4, -0.2) is 5.78 Å². The lowest BCUT2D eigenvalue weighted by Gasteiger charge is -2.13. The fourth-order valence-electron chi connectivity index (χ4n) is 1.85. The molecule has 0 fully saturated rings. The number of carbonyl (C=O) groups excluding carboxylic acids is 1. The largest absolute Gasteiger partial charge is 0.416 e. The third-order valence-corrected chi connectivity index (χ3v) is 3.32. The van der Waals surface area contributed by atoms with E-state index in [0.29, 0.717) is 11.3 Å². The van der Waals surface area contributed by atoms with Crippen molar-refractivity contribution in [3.05, 3.63) is 58.1 Å². The molecule has 0 aliphatic carbocycles. The molecule has 0 heterocycles. The summed E-state index contributed by atoms with van der Waals surface area (Å²) in [6.45, 7) is 1.40. The molecule has 0 bridgehead atoms. The van der Waals surface area contributed by atoms with Crippen LogP contribution in [0.25, 0.3) is 0 Å². The molecule has 1 N–H and O–H groups in total. The maximum atomic E-state index is 12.7. The van der Waals surface area contributed by atoms with Crippen molar-refractivity contribution in [3.63, 3.8) is 0 Å². The number of alkyl halides is 3. The Morgan fingerprint density at radius 1 is 1.14 bits per heavy atom. The van der Waals surface area contributed by atoms with Crippen LogP contribution in [0.2, 0.25) is 0 Å². The Balaban J connectivity index is 2.37. The molecule has 0 radical (unpaired) electrons. The predicted molar refractivity (Wildman–Crippen MR) is 78.9 cm³/mol. The van der Waals surface area contributed by atoms with Gasteiger partial charge in [0.05, 0.1) is 5.56 Å². The smallest absolute Gasteiger partial charge is 0.355 e. The summed E-state index contributed by atoms with van der Waals surface area (Å²) in [4.78, 5) is 11.6. The Labute approximate surface area is 128 Å². The van der Waals surface area contributed by atoms with Crippen molar-refractivity contribution in [2.24, 2.45) is 0 Å². The van der Waals surface area contributed by atoms with Gasteiger partial charge in [0.25, 0.3) is 0 Å². The van der Waals surface area contributed by atoms with Crippen LogP contribution in [0.3, 0.4) is 0 Å². The van der Waals surface area contributed by atoms with Crippen LogP contribution in [0.5, 0.6) is 0 Å². The minimum atomic E-state index is -4.40. The summed E-state index contributed by atoms with van der Waals surface area (Å²) >= 11 is 3.26. The molecule has 0 amide bonds. The highest BCUT2D eigenvalue weighted by Gasteiger charge is 2.30. The van der Waals surface area contributed by atoms with Crippen LogP contribution in [0.15, 0.2) is 46.9 Å². The minimum Gasteiger partial charge on any atom is -0.355 e. The molecule has 0 aliphatic rings. The number of hydrogen-bond donors (Lipinski definition) is 1. The highest BCUT2D eigenvalue weighted by atomic mass is 79.9. The number of nitrogens with one attached hydrogen (secondary N) is 1. The average Bonchev–Trinajstić information content (AvgIpc) is 2.40. The van der Waals surface area contributed by atoms with E-state index in [4.69, 9.17) is 0 Å². The van der Waals surface area contributed by atoms with Gasteiger partial charge in [0.2, 0.25) is 0 Å². The third kappa shape index (κ3) is 3.85. The van der Waals surface area contributed by atoms with Crippen molar-refractivity contribution in [2.45, 2.75) is 13.1 Å². The number of Topliss-reactive ketones (excluding diaryl/α,β-unsaturated/α-hetero) is 1. The first-order chi connectivity index (χ1) is 9.77. The van der Waals surface area contributed by atoms with Crippen molar-refractivity contribution < 1.29 is 18.0 Å². The fourth-order valence-corrected chi connectivity index (χ4v) is 2.21. The second-order valence-corrected chi connectivity index (χ2v) is 5.37. The first-order valence-electron chi connectivity index (χ1n) is 6.02. The van der Waals surface area contributed by atoms with Gasteiger partial charge in [0.15, 0.2) is 5.78 Å². The molecular formula is C15H11BrF3NO. The molecule has 110 valence electrons. The molecule has 2 nitrogen and oxygen atoms in total. The summed E-state index contributed by atoms with van der Waals surface area (Å²) < 4.78 is 38.8. The molecule has 0 aliphatic heterocycles. The van der Waals surface area contributed by atoms with Crippen molar-refractivity contribution in [2.75, 3.05) is 5.32 Å². The fraction of sp³-hybridized carbons (Fsp3) is 0.133. The first kappa shape index (κ1) is 15.6. The highest BCUT2D eigenvalue weighted by molar-refractivity contribution is 9.10. The molecular weight excluding hydrogens is 347 g/mol. The van der Waals surface area contributed by atoms with Gasteiger partial charge in [-0.15, -0.1) is 0 Å². The van der Waals surface area contributed by atoms with Crippen LogP contribution < -0.4 is 5.32 Å². The molecule has 0 saturated carbocycles. The lowest BCUT2D eigenvalue weighted by Crippen LogP contribution is -2.06. The van der Waals surface area contributed by atoms with Gasteiger partial charge in [-0.25, -0.2) is 0 Å². The quantitative estimate of drug-likeness (QED) is 0.743. The number of rotatable bonds is 3. The van der Waals surface area contributed by atoms with E-state index in [0.717, 1.165) is 16.6 Å². The second kappa shape index (κ2) is 5.89. The van der Waals surface area contributed by atoms with Gasteiger partial charge in [-0.05, 0) is 43.3 Å². The molecule has 2 aromatic carbocycles. The molecule has 2 rings (SSSR count). The molecule has 2 aromatic rings. The summed E-state index contributed by atoms with van der Waals surface area (Å²) in [5, 5.41) is 2.85. The normalized spacial score (nSPS) is 11.3. The Morgan fingerprint density at radius 3 is 2.48 bits per heavy atom. The SMILES string of the molecule is CC(=O)c1cc(Br)ccc1Nc1cccc(C(F)(F)F)c1. The summed E-state index contributed by atoms with van der Waals surface area (Å²) in [6.07, 6.45) is -4.40. The van der Waals surface area contributed by atoms with Crippen LogP contribution in [0.4, 0.5) is 24.5 Å². The van der Waals surface area contributed by atoms with E-state index in [1.165, 1.54) is 19.1 Å². The van der Waals surface area contributed by atoms with E-state index in [1.54, 1.807) is 18.2 Å². The third-order valence-electron chi connectivity index (χ3n) is 2.83. The summed E-state index contributed by atoms with van der Waals surface area (Å²) in [6, 6.07) is 9.81. The molecule has 0 saturated heterocycles. The maximum absolute atomic E-state index is 12.7. The standard InChI is InChI=1S/C15H11BrF3NO/c1-9(21)13-8-11(16)5-6-14(13)20-12-4-2-3-10(7-12)15(17,18)19/h2-8,20H,1H3. The van der Waals surface area contributed by atoms with Crippen molar-refractivity contribution in [1.29, 1.82) is 0 Å². The summed E-state index contributed by atoms with van der Waals surface area (Å²) in [5.74, 6) is -0.175. The molecule has 21 heavy (non-hydrogen) atoms. The molecule has 0 unspecified atom stereocenters. The minimum absolute atomic E-state index is 0.175. The molecule has 0 aromatic heterocycles. The van der Waals surface area contributed by atoms with Crippen molar-refractivity contribution in [3.8, 4) is 0 Å². The van der Waals surface area contributed by atoms with Gasteiger partial charge in [0.1, 0.15) is 0 Å². The summed E-state index contributed by atoms with van der Waals surface area (Å²) in [5.41, 5.74) is 0.399. The number of hydrogen-bond acceptors (Lipinski definition) is 2. The number of ketones is 1. The van der Waals surface area contributed by atoms with E-state index < -0.39 is 11.7 Å². The van der Waals surface area contributed by atoms with Gasteiger partial charge >= 0.3 is 6.18 Å². The number of halogens is 4. The van der Waals surface area contributed by atoms with Crippen molar-refractivity contribution in [1.82, 2.24) is 0 Å². The van der Waals surface area contributed by atoms with Crippen LogP contribution in [0.1, 0.15) is 22.8 Å². The zero-order valence-electron chi connectivity index (χ0n) is 11.0. The van der Waals surface area contributed by atoms with Gasteiger partial charge in [-0.2, -0.15) is 13.2 Å². The van der Waals surface area contributed by atoms with E-state index in [1.807, 2.05) is 0 Å². The Hall–Kier alpha value is -1.82. The van der Waals surface area contributed by atoms with Gasteiger partial charge in [0, 0.05) is 21.4 Å². The lowest BCUT2D eigenvalue weighted by atomic mass is 10.1. The Kier molecular flexibility index (Phi) is 4.37. The van der Waals surface area contributed by atoms with Gasteiger partial charge < -0.3 is 5.32 Å². The van der Waals surface area contributed by atoms with Crippen molar-refractivity contribution >= 4 is 33.1 Å². The number of anilines is 2. The van der Waals surface area contributed by atoms with E-state index in [9.17, 15) is 18.0 Å². The van der Waals surface area contributed by atoms with Gasteiger partial charge in [-0.1, -0.05) is 22.0 Å². The maximum Gasteiger partial charge on any atom is 0.416 e. The Morgan fingerprint density at radius 2 is 1.86 bits per heavy atom. The zero-order chi connectivity index (χ0) is 15.6. The van der Waals surface area contributed by atoms with Gasteiger partial charge in [-0.3, -0.25) is 4.79 Å². The number of benzene rings is 2. The second-order valence-electron chi connectivity index (χ2n) is 4.45.